The third kappa shape index (κ3) is 2.82. The molecule has 0 radical (unpaired) electrons. The van der Waals surface area contributed by atoms with Crippen LogP contribution in [-0.4, -0.2) is 24.9 Å². The van der Waals surface area contributed by atoms with Crippen molar-refractivity contribution in [3.63, 3.8) is 0 Å². The van der Waals surface area contributed by atoms with Gasteiger partial charge in [-0.2, -0.15) is 0 Å². The summed E-state index contributed by atoms with van der Waals surface area (Å²) in [6, 6.07) is 5.68. The molecule has 4 nitrogen and oxygen atoms in total. The highest BCUT2D eigenvalue weighted by atomic mass is 16.5. The maximum Gasteiger partial charge on any atom is 0.144 e. The minimum Gasteiger partial charge on any atom is -0.492 e. The van der Waals surface area contributed by atoms with Crippen molar-refractivity contribution < 1.29 is 9.84 Å². The first-order chi connectivity index (χ1) is 8.19. The van der Waals surface area contributed by atoms with Crippen molar-refractivity contribution in [3.05, 3.63) is 18.2 Å². The van der Waals surface area contributed by atoms with E-state index in [1.54, 1.807) is 0 Å². The Morgan fingerprint density at radius 3 is 2.82 bits per heavy atom. The average Bonchev–Trinajstić information content (AvgIpc) is 3.11. The predicted molar refractivity (Wildman–Crippen MR) is 69.3 cm³/mol. The fourth-order valence-electron chi connectivity index (χ4n) is 1.78. The number of hydrogen-bond acceptors (Lipinski definition) is 4. The van der Waals surface area contributed by atoms with E-state index in [2.05, 4.69) is 5.32 Å². The summed E-state index contributed by atoms with van der Waals surface area (Å²) in [7, 11) is 0. The normalized spacial score (nSPS) is 16.6. The summed E-state index contributed by atoms with van der Waals surface area (Å²) in [4.78, 5) is 0. The van der Waals surface area contributed by atoms with Gasteiger partial charge in [0.2, 0.25) is 0 Å². The van der Waals surface area contributed by atoms with E-state index in [-0.39, 0.29) is 12.0 Å². The maximum absolute atomic E-state index is 9.23. The number of anilines is 2. The predicted octanol–water partition coefficient (Wildman–Crippen LogP) is 1.85. The Bertz CT molecular complexity index is 389. The van der Waals surface area contributed by atoms with Gasteiger partial charge in [0.15, 0.2) is 0 Å². The molecule has 1 aromatic carbocycles. The van der Waals surface area contributed by atoms with Gasteiger partial charge < -0.3 is 20.9 Å². The Morgan fingerprint density at radius 1 is 1.47 bits per heavy atom. The highest BCUT2D eigenvalue weighted by Gasteiger charge is 2.41. The SMILES string of the molecule is CCOc1cc(NCC2(CO)CC2)ccc1N. The van der Waals surface area contributed by atoms with E-state index in [1.807, 2.05) is 25.1 Å². The lowest BCUT2D eigenvalue weighted by Crippen LogP contribution is -2.19. The quantitative estimate of drug-likeness (QED) is 0.659. The molecule has 1 fully saturated rings. The molecule has 4 N–H and O–H groups in total. The lowest BCUT2D eigenvalue weighted by atomic mass is 10.1. The van der Waals surface area contributed by atoms with Crippen molar-refractivity contribution in [2.24, 2.45) is 5.41 Å². The van der Waals surface area contributed by atoms with Crippen molar-refractivity contribution in [1.29, 1.82) is 0 Å². The van der Waals surface area contributed by atoms with Crippen LogP contribution in [0.3, 0.4) is 0 Å². The molecule has 0 aromatic heterocycles. The third-order valence-electron chi connectivity index (χ3n) is 3.27. The topological polar surface area (TPSA) is 67.5 Å². The minimum atomic E-state index is 0.104. The molecule has 0 saturated heterocycles. The molecule has 0 bridgehead atoms. The molecule has 2 rings (SSSR count). The molecule has 0 atom stereocenters. The molecule has 4 heteroatoms. The molecule has 0 unspecified atom stereocenters. The van der Waals surface area contributed by atoms with E-state index in [0.29, 0.717) is 18.0 Å². The van der Waals surface area contributed by atoms with Crippen LogP contribution in [-0.2, 0) is 0 Å². The highest BCUT2D eigenvalue weighted by Crippen LogP contribution is 2.45. The summed E-state index contributed by atoms with van der Waals surface area (Å²) in [5, 5.41) is 12.6. The molecular formula is C13H20N2O2. The van der Waals surface area contributed by atoms with E-state index >= 15 is 0 Å². The van der Waals surface area contributed by atoms with Gasteiger partial charge >= 0.3 is 0 Å². The number of aliphatic hydroxyl groups excluding tert-OH is 1. The number of nitrogens with one attached hydrogen (secondary N) is 1. The van der Waals surface area contributed by atoms with Gasteiger partial charge in [0.25, 0.3) is 0 Å². The molecule has 94 valence electrons. The molecule has 1 aliphatic rings. The van der Waals surface area contributed by atoms with Gasteiger partial charge in [0.1, 0.15) is 5.75 Å². The minimum absolute atomic E-state index is 0.104. The van der Waals surface area contributed by atoms with Gasteiger partial charge in [-0.25, -0.2) is 0 Å². The second-order valence-corrected chi connectivity index (χ2v) is 4.70. The molecule has 1 saturated carbocycles. The van der Waals surface area contributed by atoms with Gasteiger partial charge in [0.05, 0.1) is 18.9 Å². The van der Waals surface area contributed by atoms with E-state index in [4.69, 9.17) is 10.5 Å². The van der Waals surface area contributed by atoms with Crippen LogP contribution in [0.4, 0.5) is 11.4 Å². The Hall–Kier alpha value is -1.42. The van der Waals surface area contributed by atoms with Gasteiger partial charge in [-0.05, 0) is 31.9 Å². The number of hydrogen-bond donors (Lipinski definition) is 3. The summed E-state index contributed by atoms with van der Waals surface area (Å²) >= 11 is 0. The van der Waals surface area contributed by atoms with Crippen molar-refractivity contribution in [1.82, 2.24) is 0 Å². The smallest absolute Gasteiger partial charge is 0.144 e. The second-order valence-electron chi connectivity index (χ2n) is 4.70. The molecule has 0 heterocycles. The first-order valence-electron chi connectivity index (χ1n) is 6.06. The standard InChI is InChI=1S/C13H20N2O2/c1-2-17-12-7-10(3-4-11(12)14)15-8-13(9-16)5-6-13/h3-4,7,15-16H,2,5-6,8-9,14H2,1H3. The van der Waals surface area contributed by atoms with Crippen molar-refractivity contribution >= 4 is 11.4 Å². The van der Waals surface area contributed by atoms with E-state index < -0.39 is 0 Å². The summed E-state index contributed by atoms with van der Waals surface area (Å²) in [5.74, 6) is 0.714. The zero-order chi connectivity index (χ0) is 12.3. The van der Waals surface area contributed by atoms with Crippen LogP contribution >= 0.6 is 0 Å². The lowest BCUT2D eigenvalue weighted by Gasteiger charge is -2.15. The van der Waals surface area contributed by atoms with Crippen LogP contribution < -0.4 is 15.8 Å². The van der Waals surface area contributed by atoms with Crippen molar-refractivity contribution in [2.45, 2.75) is 19.8 Å². The number of nitrogen functional groups attached to an aromatic ring is 1. The number of nitrogens with two attached hydrogens (primary N) is 1. The number of ether oxygens (including phenoxy) is 1. The van der Waals surface area contributed by atoms with Crippen LogP contribution in [0.15, 0.2) is 18.2 Å². The van der Waals surface area contributed by atoms with Crippen LogP contribution in [0.1, 0.15) is 19.8 Å². The largest absolute Gasteiger partial charge is 0.492 e. The first-order valence-corrected chi connectivity index (χ1v) is 6.06. The summed E-state index contributed by atoms with van der Waals surface area (Å²) in [6.45, 7) is 3.60. The second kappa shape index (κ2) is 4.84. The molecule has 0 amide bonds. The molecule has 1 aromatic rings. The Labute approximate surface area is 102 Å². The van der Waals surface area contributed by atoms with E-state index in [9.17, 15) is 5.11 Å². The first kappa shape index (κ1) is 12.0. The fourth-order valence-corrected chi connectivity index (χ4v) is 1.78. The van der Waals surface area contributed by atoms with Gasteiger partial charge in [-0.1, -0.05) is 0 Å². The fraction of sp³-hybridized carbons (Fsp3) is 0.538. The van der Waals surface area contributed by atoms with Gasteiger partial charge in [0, 0.05) is 23.7 Å². The van der Waals surface area contributed by atoms with Crippen LogP contribution in [0.5, 0.6) is 5.75 Å². The molecule has 17 heavy (non-hydrogen) atoms. The van der Waals surface area contributed by atoms with Crippen molar-refractivity contribution in [2.75, 3.05) is 30.8 Å². The number of aliphatic hydroxyl groups is 1. The Morgan fingerprint density at radius 2 is 2.24 bits per heavy atom. The lowest BCUT2D eigenvalue weighted by molar-refractivity contribution is 0.220. The Kier molecular flexibility index (Phi) is 3.43. The van der Waals surface area contributed by atoms with Gasteiger partial charge in [-0.3, -0.25) is 0 Å². The van der Waals surface area contributed by atoms with Gasteiger partial charge in [-0.15, -0.1) is 0 Å². The maximum atomic E-state index is 9.23. The average molecular weight is 236 g/mol. The molecule has 0 spiro atoms. The zero-order valence-corrected chi connectivity index (χ0v) is 10.2. The van der Waals surface area contributed by atoms with Crippen LogP contribution in [0, 0.1) is 5.41 Å². The number of benzene rings is 1. The van der Waals surface area contributed by atoms with Crippen molar-refractivity contribution in [3.8, 4) is 5.75 Å². The summed E-state index contributed by atoms with van der Waals surface area (Å²) < 4.78 is 5.44. The Balaban J connectivity index is 1.98. The number of rotatable bonds is 6. The summed E-state index contributed by atoms with van der Waals surface area (Å²) in [6.07, 6.45) is 2.20. The van der Waals surface area contributed by atoms with E-state index in [1.165, 1.54) is 0 Å². The third-order valence-corrected chi connectivity index (χ3v) is 3.27. The van der Waals surface area contributed by atoms with E-state index in [0.717, 1.165) is 25.1 Å². The molecule has 1 aliphatic carbocycles. The molecular weight excluding hydrogens is 216 g/mol. The van der Waals surface area contributed by atoms with Crippen LogP contribution in [0.25, 0.3) is 0 Å². The highest BCUT2D eigenvalue weighted by molar-refractivity contribution is 5.61. The monoisotopic (exact) mass is 236 g/mol. The zero-order valence-electron chi connectivity index (χ0n) is 10.2. The van der Waals surface area contributed by atoms with Crippen LogP contribution in [0.2, 0.25) is 0 Å². The molecule has 0 aliphatic heterocycles. The summed E-state index contributed by atoms with van der Waals surface area (Å²) in [5.41, 5.74) is 7.55.